The first kappa shape index (κ1) is 32.2. The average molecular weight is 632 g/mol. The summed E-state index contributed by atoms with van der Waals surface area (Å²) in [7, 11) is 1.93. The van der Waals surface area contributed by atoms with Gasteiger partial charge in [-0.1, -0.05) is 6.07 Å². The molecule has 1 aromatic rings. The van der Waals surface area contributed by atoms with E-state index >= 15 is 0 Å². The van der Waals surface area contributed by atoms with Crippen LogP contribution in [0.4, 0.5) is 0 Å². The summed E-state index contributed by atoms with van der Waals surface area (Å²) in [6.45, 7) is 3.11. The van der Waals surface area contributed by atoms with Gasteiger partial charge in [-0.05, 0) is 58.0 Å². The number of phenolic OH excluding ortho intramolecular Hbond substituents is 1. The fourth-order valence-corrected chi connectivity index (χ4v) is 7.06. The highest BCUT2D eigenvalue weighted by Crippen LogP contribution is 2.66. The summed E-state index contributed by atoms with van der Waals surface area (Å²) >= 11 is 0. The molecule has 1 saturated heterocycles. The number of aliphatic carboxylic acids is 1. The maximum absolute atomic E-state index is 13.4. The third kappa shape index (κ3) is 5.38. The van der Waals surface area contributed by atoms with Gasteiger partial charge >= 0.3 is 23.9 Å². The maximum Gasteiger partial charge on any atom is 0.352 e. The number of ether oxygens (including phenoxy) is 4. The molecule has 45 heavy (non-hydrogen) atoms. The second-order valence-electron chi connectivity index (χ2n) is 12.0. The lowest BCUT2D eigenvalue weighted by molar-refractivity contribution is -0.206. The third-order valence-corrected chi connectivity index (χ3v) is 9.18. The van der Waals surface area contributed by atoms with Crippen LogP contribution >= 0.6 is 0 Å². The lowest BCUT2D eigenvalue weighted by Gasteiger charge is -2.62. The van der Waals surface area contributed by atoms with Gasteiger partial charge in [-0.15, -0.1) is 0 Å². The number of aliphatic hydroxyl groups is 1. The molecule has 1 aromatic carbocycles. The van der Waals surface area contributed by atoms with Crippen LogP contribution in [0, 0.1) is 0 Å². The molecule has 0 aromatic heterocycles. The molecule has 7 atom stereocenters. The van der Waals surface area contributed by atoms with E-state index in [0.29, 0.717) is 24.9 Å². The Kier molecular flexibility index (Phi) is 8.55. The number of aromatic hydroxyl groups is 1. The van der Waals surface area contributed by atoms with Crippen molar-refractivity contribution < 1.29 is 58.2 Å². The number of esters is 3. The highest BCUT2D eigenvalue weighted by atomic mass is 16.6. The van der Waals surface area contributed by atoms with Crippen molar-refractivity contribution in [1.29, 1.82) is 0 Å². The number of carbonyl (C=O) groups excluding carboxylic acids is 4. The smallest absolute Gasteiger partial charge is 0.352 e. The van der Waals surface area contributed by atoms with Crippen molar-refractivity contribution >= 4 is 29.8 Å². The number of nitrogens with two attached hydrogens (primary N) is 1. The Morgan fingerprint density at radius 2 is 1.93 bits per heavy atom. The van der Waals surface area contributed by atoms with Gasteiger partial charge in [0.1, 0.15) is 23.5 Å². The Balaban J connectivity index is 1.45. The van der Waals surface area contributed by atoms with E-state index in [1.165, 1.54) is 19.9 Å². The Morgan fingerprint density at radius 3 is 2.62 bits per heavy atom. The van der Waals surface area contributed by atoms with Gasteiger partial charge in [0.15, 0.2) is 23.7 Å². The van der Waals surface area contributed by atoms with Crippen LogP contribution in [0.5, 0.6) is 11.5 Å². The minimum Gasteiger partial charge on any atom is -0.504 e. The number of rotatable bonds is 11. The molecule has 2 heterocycles. The summed E-state index contributed by atoms with van der Waals surface area (Å²) in [6, 6.07) is 1.52. The summed E-state index contributed by atoms with van der Waals surface area (Å²) in [4.78, 5) is 63.5. The van der Waals surface area contributed by atoms with Crippen molar-refractivity contribution in [3.63, 3.8) is 0 Å². The number of aliphatic hydroxyl groups excluding tert-OH is 1. The van der Waals surface area contributed by atoms with Crippen molar-refractivity contribution in [1.82, 2.24) is 10.2 Å². The van der Waals surface area contributed by atoms with E-state index < -0.39 is 71.6 Å². The molecule has 4 aliphatic rings. The Morgan fingerprint density at radius 1 is 1.20 bits per heavy atom. The number of carbonyl (C=O) groups is 5. The summed E-state index contributed by atoms with van der Waals surface area (Å²) in [5, 5.41) is 31.7. The molecule has 0 unspecified atom stereocenters. The van der Waals surface area contributed by atoms with Crippen LogP contribution in [0.3, 0.4) is 0 Å². The van der Waals surface area contributed by atoms with Crippen LogP contribution in [-0.4, -0.2) is 106 Å². The van der Waals surface area contributed by atoms with Gasteiger partial charge in [-0.25, -0.2) is 4.79 Å². The van der Waals surface area contributed by atoms with Crippen molar-refractivity contribution in [3.05, 3.63) is 35.1 Å². The van der Waals surface area contributed by atoms with Crippen LogP contribution in [0.2, 0.25) is 0 Å². The molecule has 0 radical (unpaired) electrons. The topological polar surface area (TPSA) is 224 Å². The number of likely N-dealkylation sites (N-methyl/N-ethyl adjacent to an activating group) is 1. The highest BCUT2D eigenvalue weighted by Gasteiger charge is 2.74. The first-order chi connectivity index (χ1) is 21.2. The number of likely N-dealkylation sites (tertiary alicyclic amines) is 1. The SMILES string of the molecule is C[C@H](O)C(=O)NCCC(=O)O[C@@]12CC=C(OC(=O)[C@H](C)OC(=O)C[C@H](N)C(=O)O)[C@@H]3Oc4c(O)ccc5c4[C@@]31CCN(C)[C@@H]2C5. The highest BCUT2D eigenvalue weighted by molar-refractivity contribution is 5.84. The molecule has 2 bridgehead atoms. The molecule has 6 N–H and O–H groups in total. The van der Waals surface area contributed by atoms with E-state index in [1.54, 1.807) is 12.1 Å². The number of hydrogen-bond donors (Lipinski definition) is 5. The molecule has 5 rings (SSSR count). The molecule has 1 spiro atoms. The monoisotopic (exact) mass is 631 g/mol. The molecule has 2 aliphatic carbocycles. The van der Waals surface area contributed by atoms with Crippen LogP contribution in [0.25, 0.3) is 0 Å². The summed E-state index contributed by atoms with van der Waals surface area (Å²) in [5.74, 6) is -4.38. The predicted octanol–water partition coefficient (Wildman–Crippen LogP) is -0.615. The van der Waals surface area contributed by atoms with Crippen molar-refractivity contribution in [2.45, 2.75) is 87.4 Å². The molecular formula is C30H37N3O12. The van der Waals surface area contributed by atoms with Gasteiger partial charge < -0.3 is 45.3 Å². The number of carboxylic acids is 1. The predicted molar refractivity (Wildman–Crippen MR) is 152 cm³/mol. The van der Waals surface area contributed by atoms with Crippen molar-refractivity contribution in [2.75, 3.05) is 20.1 Å². The number of nitrogens with one attached hydrogen (secondary N) is 1. The second kappa shape index (κ2) is 11.9. The van der Waals surface area contributed by atoms with Crippen LogP contribution in [-0.2, 0) is 50.0 Å². The zero-order valence-corrected chi connectivity index (χ0v) is 25.1. The number of amides is 1. The van der Waals surface area contributed by atoms with E-state index in [1.807, 2.05) is 7.05 Å². The minimum atomic E-state index is -1.50. The quantitative estimate of drug-likeness (QED) is 0.152. The molecule has 1 amide bonds. The number of nitrogens with zero attached hydrogens (tertiary/aromatic N) is 1. The van der Waals surface area contributed by atoms with Crippen molar-refractivity contribution in [3.8, 4) is 11.5 Å². The number of piperidine rings is 1. The van der Waals surface area contributed by atoms with E-state index in [2.05, 4.69) is 10.2 Å². The number of carboxylic acid groups (broad SMARTS) is 1. The summed E-state index contributed by atoms with van der Waals surface area (Å²) < 4.78 is 23.6. The lowest BCUT2D eigenvalue weighted by atomic mass is 9.50. The maximum atomic E-state index is 13.4. The van der Waals surface area contributed by atoms with Crippen LogP contribution < -0.4 is 15.8 Å². The lowest BCUT2D eigenvalue weighted by Crippen LogP contribution is -2.75. The first-order valence-corrected chi connectivity index (χ1v) is 14.7. The molecule has 1 fully saturated rings. The Bertz CT molecular complexity index is 1460. The molecule has 244 valence electrons. The minimum absolute atomic E-state index is 0.0542. The van der Waals surface area contributed by atoms with Crippen LogP contribution in [0.15, 0.2) is 24.0 Å². The van der Waals surface area contributed by atoms with Gasteiger partial charge in [0.05, 0.1) is 24.3 Å². The van der Waals surface area contributed by atoms with E-state index in [9.17, 15) is 34.2 Å². The fourth-order valence-electron chi connectivity index (χ4n) is 7.06. The zero-order valence-electron chi connectivity index (χ0n) is 25.1. The van der Waals surface area contributed by atoms with Gasteiger partial charge in [0.2, 0.25) is 5.91 Å². The number of phenols is 1. The Hall–Kier alpha value is -4.21. The van der Waals surface area contributed by atoms with E-state index in [0.717, 1.165) is 5.56 Å². The van der Waals surface area contributed by atoms with Gasteiger partial charge in [-0.2, -0.15) is 0 Å². The van der Waals surface area contributed by atoms with Crippen molar-refractivity contribution in [2.24, 2.45) is 5.73 Å². The fraction of sp³-hybridized carbons (Fsp3) is 0.567. The summed E-state index contributed by atoms with van der Waals surface area (Å²) in [6.07, 6.45) is -1.86. The van der Waals surface area contributed by atoms with Gasteiger partial charge in [0, 0.05) is 18.5 Å². The van der Waals surface area contributed by atoms with Crippen LogP contribution in [0.1, 0.15) is 50.7 Å². The molecule has 15 heteroatoms. The average Bonchev–Trinajstić information content (AvgIpc) is 3.33. The molecule has 15 nitrogen and oxygen atoms in total. The van der Waals surface area contributed by atoms with E-state index in [-0.39, 0.29) is 42.7 Å². The Labute approximate surface area is 258 Å². The van der Waals surface area contributed by atoms with E-state index in [4.69, 9.17) is 29.8 Å². The molecular weight excluding hydrogens is 594 g/mol. The number of hydrogen-bond acceptors (Lipinski definition) is 13. The molecule has 2 aliphatic heterocycles. The number of benzene rings is 1. The second-order valence-corrected chi connectivity index (χ2v) is 12.0. The largest absolute Gasteiger partial charge is 0.504 e. The van der Waals surface area contributed by atoms with Gasteiger partial charge in [0.25, 0.3) is 0 Å². The standard InChI is InChI=1S/C30H37N3O12/c1-14(34)26(38)32-10-7-21(36)45-30-8-6-19(43-28(41)15(2)42-22(37)13-17(31)27(39)40)25-29(30)9-11-33(3)20(30)12-16-4-5-18(35)24(44-25)23(16)29/h4-6,14-15,17,20,25,34-35H,7-13,31H2,1-3H3,(H,32,38)(H,39,40)/t14-,15-,17-,20+,25-,29-,30+/m0/s1. The molecule has 0 saturated carbocycles. The zero-order chi connectivity index (χ0) is 32.8. The third-order valence-electron chi connectivity index (χ3n) is 9.18. The summed E-state index contributed by atoms with van der Waals surface area (Å²) in [5.41, 5.74) is 4.68. The first-order valence-electron chi connectivity index (χ1n) is 14.7. The van der Waals surface area contributed by atoms with Gasteiger partial charge in [-0.3, -0.25) is 24.1 Å². The normalized spacial score (nSPS) is 27.9.